The molecule has 0 bridgehead atoms. The molecule has 0 aliphatic carbocycles. The molecule has 1 aromatic rings. The summed E-state index contributed by atoms with van der Waals surface area (Å²) in [6.45, 7) is 7.65. The average molecular weight is 302 g/mol. The summed E-state index contributed by atoms with van der Waals surface area (Å²) < 4.78 is 0. The Labute approximate surface area is 132 Å². The van der Waals surface area contributed by atoms with Gasteiger partial charge >= 0.3 is 0 Å². The van der Waals surface area contributed by atoms with E-state index in [0.717, 1.165) is 19.5 Å². The van der Waals surface area contributed by atoms with Crippen LogP contribution in [0.1, 0.15) is 38.7 Å². The van der Waals surface area contributed by atoms with E-state index in [0.29, 0.717) is 12.5 Å². The summed E-state index contributed by atoms with van der Waals surface area (Å²) in [5.74, 6) is 0.592. The van der Waals surface area contributed by atoms with Crippen LogP contribution < -0.4 is 5.32 Å². The van der Waals surface area contributed by atoms with Gasteiger partial charge in [-0.15, -0.1) is 0 Å². The van der Waals surface area contributed by atoms with Crippen LogP contribution in [0.25, 0.3) is 0 Å². The number of carbonyl (C=O) groups is 2. The molecule has 0 unspecified atom stereocenters. The molecular weight excluding hydrogens is 276 g/mol. The highest BCUT2D eigenvalue weighted by atomic mass is 16.2. The Morgan fingerprint density at radius 1 is 1.27 bits per heavy atom. The van der Waals surface area contributed by atoms with Gasteiger partial charge in [0.25, 0.3) is 0 Å². The fourth-order valence-corrected chi connectivity index (χ4v) is 3.13. The number of hydrogen-bond donors (Lipinski definition) is 1. The molecule has 1 heterocycles. The number of ketones is 1. The maximum atomic E-state index is 12.2. The molecule has 1 saturated heterocycles. The van der Waals surface area contributed by atoms with Crippen LogP contribution in [0.4, 0.5) is 0 Å². The van der Waals surface area contributed by atoms with Crippen LogP contribution in [0.5, 0.6) is 0 Å². The largest absolute Gasteiger partial charge is 0.345 e. The Morgan fingerprint density at radius 2 is 1.95 bits per heavy atom. The van der Waals surface area contributed by atoms with Crippen molar-refractivity contribution in [1.29, 1.82) is 0 Å². The topological polar surface area (TPSA) is 49.4 Å². The van der Waals surface area contributed by atoms with Gasteiger partial charge in [0.15, 0.2) is 5.78 Å². The van der Waals surface area contributed by atoms with Crippen LogP contribution in [0.15, 0.2) is 30.3 Å². The van der Waals surface area contributed by atoms with E-state index >= 15 is 0 Å². The van der Waals surface area contributed by atoms with E-state index in [4.69, 9.17) is 0 Å². The molecule has 0 radical (unpaired) electrons. The zero-order valence-electron chi connectivity index (χ0n) is 13.7. The number of hydrogen-bond acceptors (Lipinski definition) is 3. The van der Waals surface area contributed by atoms with Crippen LogP contribution in [0.2, 0.25) is 0 Å². The molecule has 0 spiro atoms. The summed E-state index contributed by atoms with van der Waals surface area (Å²) in [4.78, 5) is 25.9. The molecule has 4 heteroatoms. The van der Waals surface area contributed by atoms with Gasteiger partial charge in [0.2, 0.25) is 5.91 Å². The van der Waals surface area contributed by atoms with Crippen molar-refractivity contribution >= 4 is 11.7 Å². The van der Waals surface area contributed by atoms with Crippen LogP contribution in [-0.2, 0) is 9.59 Å². The lowest BCUT2D eigenvalue weighted by atomic mass is 9.99. The molecule has 1 aliphatic rings. The van der Waals surface area contributed by atoms with Gasteiger partial charge in [-0.3, -0.25) is 14.5 Å². The van der Waals surface area contributed by atoms with Gasteiger partial charge in [0.1, 0.15) is 0 Å². The SMILES string of the molecule is CC(=O)[C@H](NC(=O)CN1CC[C@H](c2ccccc2)C1)C(C)C. The summed E-state index contributed by atoms with van der Waals surface area (Å²) in [6, 6.07) is 10.1. The standard InChI is InChI=1S/C18H26N2O2/c1-13(2)18(14(3)21)19-17(22)12-20-10-9-16(11-20)15-7-5-4-6-8-15/h4-8,13,16,18H,9-12H2,1-3H3,(H,19,22)/t16-,18+/m0/s1. The van der Waals surface area contributed by atoms with Crippen molar-refractivity contribution in [1.82, 2.24) is 10.2 Å². The predicted octanol–water partition coefficient (Wildman–Crippen LogP) is 2.21. The third-order valence-corrected chi connectivity index (χ3v) is 4.33. The molecule has 1 fully saturated rings. The van der Waals surface area contributed by atoms with Gasteiger partial charge in [-0.25, -0.2) is 0 Å². The summed E-state index contributed by atoms with van der Waals surface area (Å²) >= 11 is 0. The minimum Gasteiger partial charge on any atom is -0.345 e. The number of likely N-dealkylation sites (tertiary alicyclic amines) is 1. The summed E-state index contributed by atoms with van der Waals surface area (Å²) in [5.41, 5.74) is 1.34. The molecule has 2 atom stereocenters. The highest BCUT2D eigenvalue weighted by molar-refractivity contribution is 5.88. The van der Waals surface area contributed by atoms with Crippen molar-refractivity contribution in [3.63, 3.8) is 0 Å². The number of nitrogens with zero attached hydrogens (tertiary/aromatic N) is 1. The van der Waals surface area contributed by atoms with E-state index in [1.54, 1.807) is 0 Å². The van der Waals surface area contributed by atoms with Gasteiger partial charge < -0.3 is 5.32 Å². The number of Topliss-reactive ketones (excluding diaryl/α,β-unsaturated/α-hetero) is 1. The summed E-state index contributed by atoms with van der Waals surface area (Å²) in [6.07, 6.45) is 1.08. The molecule has 2 rings (SSSR count). The second-order valence-corrected chi connectivity index (χ2v) is 6.53. The van der Waals surface area contributed by atoms with Crippen molar-refractivity contribution in [2.45, 2.75) is 39.2 Å². The molecule has 0 saturated carbocycles. The van der Waals surface area contributed by atoms with Crippen LogP contribution in [0.3, 0.4) is 0 Å². The Bertz CT molecular complexity index is 513. The van der Waals surface area contributed by atoms with Gasteiger partial charge in [-0.1, -0.05) is 44.2 Å². The molecule has 120 valence electrons. The average Bonchev–Trinajstić information content (AvgIpc) is 2.93. The van der Waals surface area contributed by atoms with E-state index in [1.807, 2.05) is 19.9 Å². The summed E-state index contributed by atoms with van der Waals surface area (Å²) in [7, 11) is 0. The molecular formula is C18H26N2O2. The van der Waals surface area contributed by atoms with E-state index in [2.05, 4.69) is 34.5 Å². The zero-order valence-corrected chi connectivity index (χ0v) is 13.7. The Hall–Kier alpha value is -1.68. The lowest BCUT2D eigenvalue weighted by Crippen LogP contribution is -2.47. The fraction of sp³-hybridized carbons (Fsp3) is 0.556. The first kappa shape index (κ1) is 16.7. The van der Waals surface area contributed by atoms with E-state index < -0.39 is 0 Å². The third-order valence-electron chi connectivity index (χ3n) is 4.33. The molecule has 0 aromatic heterocycles. The van der Waals surface area contributed by atoms with Gasteiger partial charge in [0.05, 0.1) is 12.6 Å². The van der Waals surface area contributed by atoms with Crippen molar-refractivity contribution in [2.75, 3.05) is 19.6 Å². The lowest BCUT2D eigenvalue weighted by molar-refractivity contribution is -0.128. The van der Waals surface area contributed by atoms with E-state index in [9.17, 15) is 9.59 Å². The number of amides is 1. The highest BCUT2D eigenvalue weighted by Crippen LogP contribution is 2.26. The van der Waals surface area contributed by atoms with Gasteiger partial charge in [0, 0.05) is 6.54 Å². The first-order valence-electron chi connectivity index (χ1n) is 8.04. The Morgan fingerprint density at radius 3 is 2.55 bits per heavy atom. The van der Waals surface area contributed by atoms with Crippen molar-refractivity contribution in [2.24, 2.45) is 5.92 Å². The second-order valence-electron chi connectivity index (χ2n) is 6.53. The number of carbonyl (C=O) groups excluding carboxylic acids is 2. The Balaban J connectivity index is 1.85. The zero-order chi connectivity index (χ0) is 16.1. The smallest absolute Gasteiger partial charge is 0.234 e. The van der Waals surface area contributed by atoms with Crippen LogP contribution in [0, 0.1) is 5.92 Å². The first-order chi connectivity index (χ1) is 10.5. The number of rotatable bonds is 6. The van der Waals surface area contributed by atoms with Gasteiger partial charge in [-0.05, 0) is 37.3 Å². The molecule has 4 nitrogen and oxygen atoms in total. The fourth-order valence-electron chi connectivity index (χ4n) is 3.13. The summed E-state index contributed by atoms with van der Waals surface area (Å²) in [5, 5.41) is 2.87. The predicted molar refractivity (Wildman–Crippen MR) is 87.7 cm³/mol. The monoisotopic (exact) mass is 302 g/mol. The van der Waals surface area contributed by atoms with Crippen molar-refractivity contribution in [3.8, 4) is 0 Å². The maximum absolute atomic E-state index is 12.2. The van der Waals surface area contributed by atoms with Crippen molar-refractivity contribution < 1.29 is 9.59 Å². The number of benzene rings is 1. The maximum Gasteiger partial charge on any atom is 0.234 e. The Kier molecular flexibility index (Phi) is 5.72. The lowest BCUT2D eigenvalue weighted by Gasteiger charge is -2.22. The molecule has 1 aromatic carbocycles. The first-order valence-corrected chi connectivity index (χ1v) is 8.04. The quantitative estimate of drug-likeness (QED) is 0.876. The molecule has 1 aliphatic heterocycles. The van der Waals surface area contributed by atoms with Crippen molar-refractivity contribution in [3.05, 3.63) is 35.9 Å². The minimum absolute atomic E-state index is 0.0203. The minimum atomic E-state index is -0.375. The molecule has 1 amide bonds. The number of nitrogens with one attached hydrogen (secondary N) is 1. The second kappa shape index (κ2) is 7.54. The van der Waals surface area contributed by atoms with Crippen LogP contribution in [-0.4, -0.2) is 42.3 Å². The molecule has 1 N–H and O–H groups in total. The van der Waals surface area contributed by atoms with E-state index in [-0.39, 0.29) is 23.7 Å². The van der Waals surface area contributed by atoms with Crippen LogP contribution >= 0.6 is 0 Å². The highest BCUT2D eigenvalue weighted by Gasteiger charge is 2.27. The normalized spacial score (nSPS) is 20.1. The third kappa shape index (κ3) is 4.41. The molecule has 22 heavy (non-hydrogen) atoms. The van der Waals surface area contributed by atoms with Gasteiger partial charge in [-0.2, -0.15) is 0 Å². The van der Waals surface area contributed by atoms with E-state index in [1.165, 1.54) is 12.5 Å².